The second kappa shape index (κ2) is 54.0. The van der Waals surface area contributed by atoms with Gasteiger partial charge in [0.15, 0.2) is 0 Å². The first-order valence-electron chi connectivity index (χ1n) is 29.3. The molecule has 63 heavy (non-hydrogen) atoms. The van der Waals surface area contributed by atoms with Crippen LogP contribution in [0.4, 0.5) is 0 Å². The van der Waals surface area contributed by atoms with Crippen LogP contribution in [0.2, 0.25) is 0 Å². The first kappa shape index (κ1) is 62.4. The summed E-state index contributed by atoms with van der Waals surface area (Å²) < 4.78 is 0. The van der Waals surface area contributed by atoms with Crippen molar-refractivity contribution in [2.24, 2.45) is 0 Å². The van der Waals surface area contributed by atoms with Gasteiger partial charge < -0.3 is 20.6 Å². The molecule has 378 valence electrons. The van der Waals surface area contributed by atoms with E-state index < -0.39 is 18.2 Å². The number of nitrogens with one attached hydrogen (secondary N) is 1. The number of hydrogen-bond donors (Lipinski definition) is 4. The van der Waals surface area contributed by atoms with Crippen LogP contribution in [-0.2, 0) is 4.79 Å². The van der Waals surface area contributed by atoms with Gasteiger partial charge >= 0.3 is 0 Å². The third-order valence-corrected chi connectivity index (χ3v) is 14.2. The van der Waals surface area contributed by atoms with Gasteiger partial charge in [-0.3, -0.25) is 4.79 Å². The number of aliphatic hydroxyl groups is 3. The van der Waals surface area contributed by atoms with Crippen molar-refractivity contribution in [2.75, 3.05) is 6.61 Å². The Hall–Kier alpha value is -0.650. The molecule has 0 heterocycles. The van der Waals surface area contributed by atoms with Gasteiger partial charge in [0, 0.05) is 6.42 Å². The molecule has 0 aliphatic carbocycles. The quantitative estimate of drug-likeness (QED) is 0.0458. The summed E-state index contributed by atoms with van der Waals surface area (Å²) in [5, 5.41) is 33.8. The fourth-order valence-corrected chi connectivity index (χ4v) is 9.70. The number of rotatable bonds is 55. The second-order valence-electron chi connectivity index (χ2n) is 20.6. The summed E-state index contributed by atoms with van der Waals surface area (Å²) >= 11 is 0. The van der Waals surface area contributed by atoms with Gasteiger partial charge in [0.05, 0.1) is 18.8 Å². The van der Waals surface area contributed by atoms with E-state index in [1.807, 2.05) is 0 Å². The van der Waals surface area contributed by atoms with E-state index in [4.69, 9.17) is 0 Å². The molecule has 0 spiro atoms. The van der Waals surface area contributed by atoms with Gasteiger partial charge in [0.2, 0.25) is 5.91 Å². The maximum Gasteiger partial charge on any atom is 0.220 e. The number of hydrogen-bond acceptors (Lipinski definition) is 4. The van der Waals surface area contributed by atoms with Crippen molar-refractivity contribution in [3.05, 3.63) is 0 Å². The Morgan fingerprint density at radius 2 is 0.540 bits per heavy atom. The van der Waals surface area contributed by atoms with Gasteiger partial charge in [-0.15, -0.1) is 0 Å². The van der Waals surface area contributed by atoms with E-state index in [1.54, 1.807) is 0 Å². The van der Waals surface area contributed by atoms with Crippen molar-refractivity contribution >= 4 is 5.91 Å². The number of carbonyl (C=O) groups is 1. The van der Waals surface area contributed by atoms with Crippen molar-refractivity contribution in [2.45, 2.75) is 360 Å². The highest BCUT2D eigenvalue weighted by Crippen LogP contribution is 2.19. The molecule has 0 radical (unpaired) electrons. The van der Waals surface area contributed by atoms with Gasteiger partial charge in [-0.2, -0.15) is 0 Å². The van der Waals surface area contributed by atoms with Crippen molar-refractivity contribution in [3.63, 3.8) is 0 Å². The molecule has 5 nitrogen and oxygen atoms in total. The standard InChI is InChI=1S/C58H117NO4/c1-3-5-7-9-11-13-15-17-19-21-23-25-27-28-29-31-33-35-37-39-41-43-45-47-49-51-53-57(62)59-55(54-60)58(63)56(61)52-50-48-46-44-42-40-38-36-34-32-30-26-24-22-20-18-16-14-12-10-8-6-4-2/h55-56,58,60-61,63H,3-54H2,1-2H3,(H,59,62). The Labute approximate surface area is 396 Å². The Morgan fingerprint density at radius 1 is 0.333 bits per heavy atom. The first-order valence-corrected chi connectivity index (χ1v) is 29.3. The number of carbonyl (C=O) groups excluding carboxylic acids is 1. The van der Waals surface area contributed by atoms with E-state index in [0.29, 0.717) is 12.8 Å². The molecular formula is C58H117NO4. The van der Waals surface area contributed by atoms with E-state index in [2.05, 4.69) is 19.2 Å². The first-order chi connectivity index (χ1) is 31.1. The number of amides is 1. The van der Waals surface area contributed by atoms with Crippen molar-refractivity contribution in [1.29, 1.82) is 0 Å². The van der Waals surface area contributed by atoms with Crippen LogP contribution >= 0.6 is 0 Å². The monoisotopic (exact) mass is 892 g/mol. The molecule has 0 aromatic carbocycles. The van der Waals surface area contributed by atoms with E-state index in [9.17, 15) is 20.1 Å². The summed E-state index contributed by atoms with van der Waals surface area (Å²) in [4.78, 5) is 12.5. The number of unbranched alkanes of at least 4 members (excludes halogenated alkanes) is 47. The van der Waals surface area contributed by atoms with Crippen molar-refractivity contribution in [3.8, 4) is 0 Å². The zero-order valence-electron chi connectivity index (χ0n) is 43.3. The molecule has 0 aliphatic rings. The average Bonchev–Trinajstić information content (AvgIpc) is 3.29. The molecule has 1 amide bonds. The third-order valence-electron chi connectivity index (χ3n) is 14.2. The van der Waals surface area contributed by atoms with E-state index in [-0.39, 0.29) is 12.5 Å². The molecule has 5 heteroatoms. The molecule has 0 aliphatic heterocycles. The summed E-state index contributed by atoms with van der Waals surface area (Å²) in [6.07, 6.45) is 65.5. The van der Waals surface area contributed by atoms with Crippen LogP contribution in [0, 0.1) is 0 Å². The minimum Gasteiger partial charge on any atom is -0.394 e. The third kappa shape index (κ3) is 49.1. The Morgan fingerprint density at radius 3 is 0.762 bits per heavy atom. The molecule has 0 rings (SSSR count). The van der Waals surface area contributed by atoms with E-state index >= 15 is 0 Å². The summed E-state index contributed by atoms with van der Waals surface area (Å²) in [5.41, 5.74) is 0. The topological polar surface area (TPSA) is 89.8 Å². The number of aliphatic hydroxyl groups excluding tert-OH is 3. The minimum absolute atomic E-state index is 0.135. The van der Waals surface area contributed by atoms with Crippen LogP contribution in [0.1, 0.15) is 341 Å². The van der Waals surface area contributed by atoms with Crippen LogP contribution in [0.25, 0.3) is 0 Å². The lowest BCUT2D eigenvalue weighted by atomic mass is 9.99. The van der Waals surface area contributed by atoms with Crippen molar-refractivity contribution < 1.29 is 20.1 Å². The van der Waals surface area contributed by atoms with Gasteiger partial charge in [0.25, 0.3) is 0 Å². The SMILES string of the molecule is CCCCCCCCCCCCCCCCCCCCCCCCCCCCC(=O)NC(CO)C(O)C(O)CCCCCCCCCCCCCCCCCCCCCCCCC. The van der Waals surface area contributed by atoms with Crippen LogP contribution in [0.15, 0.2) is 0 Å². The zero-order chi connectivity index (χ0) is 45.8. The molecule has 0 aromatic heterocycles. The highest BCUT2D eigenvalue weighted by molar-refractivity contribution is 5.76. The molecule has 0 bridgehead atoms. The molecule has 0 saturated heterocycles. The fraction of sp³-hybridized carbons (Fsp3) is 0.983. The predicted octanol–water partition coefficient (Wildman–Crippen LogP) is 18.1. The Kier molecular flexibility index (Phi) is 53.4. The predicted molar refractivity (Wildman–Crippen MR) is 278 cm³/mol. The van der Waals surface area contributed by atoms with Crippen molar-refractivity contribution in [1.82, 2.24) is 5.32 Å². The van der Waals surface area contributed by atoms with Crippen LogP contribution in [-0.4, -0.2) is 46.1 Å². The summed E-state index contributed by atoms with van der Waals surface area (Å²) in [5.74, 6) is -0.135. The maximum absolute atomic E-state index is 12.5. The summed E-state index contributed by atoms with van der Waals surface area (Å²) in [7, 11) is 0. The lowest BCUT2D eigenvalue weighted by Gasteiger charge is -2.26. The van der Waals surface area contributed by atoms with Crippen LogP contribution < -0.4 is 5.32 Å². The van der Waals surface area contributed by atoms with Crippen LogP contribution in [0.3, 0.4) is 0 Å². The van der Waals surface area contributed by atoms with Crippen LogP contribution in [0.5, 0.6) is 0 Å². The Balaban J connectivity index is 3.48. The summed E-state index contributed by atoms with van der Waals surface area (Å²) in [6.45, 7) is 4.23. The average molecular weight is 893 g/mol. The van der Waals surface area contributed by atoms with Gasteiger partial charge in [-0.1, -0.05) is 322 Å². The molecular weight excluding hydrogens is 775 g/mol. The maximum atomic E-state index is 12.5. The molecule has 3 unspecified atom stereocenters. The highest BCUT2D eigenvalue weighted by Gasteiger charge is 2.26. The lowest BCUT2D eigenvalue weighted by molar-refractivity contribution is -0.124. The lowest BCUT2D eigenvalue weighted by Crippen LogP contribution is -2.50. The van der Waals surface area contributed by atoms with Gasteiger partial charge in [0.1, 0.15) is 6.10 Å². The highest BCUT2D eigenvalue weighted by atomic mass is 16.3. The normalized spacial score (nSPS) is 13.2. The zero-order valence-corrected chi connectivity index (χ0v) is 43.3. The second-order valence-corrected chi connectivity index (χ2v) is 20.6. The molecule has 0 saturated carbocycles. The summed E-state index contributed by atoms with van der Waals surface area (Å²) in [6, 6.07) is -0.805. The van der Waals surface area contributed by atoms with Gasteiger partial charge in [-0.25, -0.2) is 0 Å². The smallest absolute Gasteiger partial charge is 0.220 e. The minimum atomic E-state index is -1.13. The molecule has 3 atom stereocenters. The van der Waals surface area contributed by atoms with E-state index in [1.165, 1.54) is 283 Å². The largest absolute Gasteiger partial charge is 0.394 e. The van der Waals surface area contributed by atoms with E-state index in [0.717, 1.165) is 32.1 Å². The van der Waals surface area contributed by atoms with Gasteiger partial charge in [-0.05, 0) is 12.8 Å². The molecule has 4 N–H and O–H groups in total. The molecule has 0 fully saturated rings. The molecule has 0 aromatic rings. The Bertz CT molecular complexity index is 853. The fourth-order valence-electron chi connectivity index (χ4n) is 9.70.